The van der Waals surface area contributed by atoms with Gasteiger partial charge in [0.15, 0.2) is 5.82 Å². The Labute approximate surface area is 152 Å². The second-order valence-corrected chi connectivity index (χ2v) is 6.14. The summed E-state index contributed by atoms with van der Waals surface area (Å²) < 4.78 is 5.31. The first-order valence-corrected chi connectivity index (χ1v) is 8.48. The van der Waals surface area contributed by atoms with Gasteiger partial charge in [-0.05, 0) is 37.3 Å². The van der Waals surface area contributed by atoms with E-state index in [2.05, 4.69) is 24.4 Å². The molecule has 0 amide bonds. The van der Waals surface area contributed by atoms with Crippen LogP contribution >= 0.6 is 0 Å². The highest BCUT2D eigenvalue weighted by molar-refractivity contribution is 5.92. The van der Waals surface area contributed by atoms with Crippen molar-refractivity contribution < 1.29 is 4.74 Å². The van der Waals surface area contributed by atoms with Gasteiger partial charge in [-0.25, -0.2) is 9.97 Å². The summed E-state index contributed by atoms with van der Waals surface area (Å²) in [6.45, 7) is 2.07. The van der Waals surface area contributed by atoms with E-state index in [1.165, 1.54) is 5.56 Å². The van der Waals surface area contributed by atoms with E-state index < -0.39 is 0 Å². The van der Waals surface area contributed by atoms with E-state index in [1.807, 2.05) is 60.7 Å². The van der Waals surface area contributed by atoms with E-state index in [9.17, 15) is 0 Å². The predicted octanol–water partition coefficient (Wildman–Crippen LogP) is 5.36. The van der Waals surface area contributed by atoms with Crippen LogP contribution in [0.5, 0.6) is 5.75 Å². The molecule has 0 aliphatic heterocycles. The van der Waals surface area contributed by atoms with Gasteiger partial charge in [0, 0.05) is 22.7 Å². The van der Waals surface area contributed by atoms with E-state index in [1.54, 1.807) is 7.11 Å². The fraction of sp³-hybridized carbons (Fsp3) is 0.0909. The van der Waals surface area contributed by atoms with Crippen molar-refractivity contribution in [2.45, 2.75) is 6.92 Å². The summed E-state index contributed by atoms with van der Waals surface area (Å²) in [5.74, 6) is 2.28. The number of hydrogen-bond acceptors (Lipinski definition) is 4. The highest BCUT2D eigenvalue weighted by atomic mass is 16.5. The molecular formula is C22H19N3O. The molecule has 128 valence electrons. The van der Waals surface area contributed by atoms with Crippen molar-refractivity contribution in [3.05, 3.63) is 78.4 Å². The average Bonchev–Trinajstić information content (AvgIpc) is 2.68. The molecule has 0 atom stereocenters. The van der Waals surface area contributed by atoms with Gasteiger partial charge in [-0.3, -0.25) is 0 Å². The number of aryl methyl sites for hydroxylation is 1. The van der Waals surface area contributed by atoms with Crippen molar-refractivity contribution in [1.29, 1.82) is 0 Å². The minimum atomic E-state index is 0.706. The standard InChI is InChI=1S/C22H19N3O/c1-15-7-5-8-16(13-15)21-24-20-12-4-3-11-19(20)22(25-21)23-17-9-6-10-18(14-17)26-2/h3-14H,1-2H3,(H,23,24,25). The van der Waals surface area contributed by atoms with Crippen LogP contribution in [-0.4, -0.2) is 17.1 Å². The second kappa shape index (κ2) is 6.84. The van der Waals surface area contributed by atoms with E-state index in [0.717, 1.165) is 33.7 Å². The van der Waals surface area contributed by atoms with Gasteiger partial charge in [-0.15, -0.1) is 0 Å². The van der Waals surface area contributed by atoms with Crippen LogP contribution < -0.4 is 10.1 Å². The number of hydrogen-bond donors (Lipinski definition) is 1. The minimum Gasteiger partial charge on any atom is -0.497 e. The van der Waals surface area contributed by atoms with Crippen molar-refractivity contribution >= 4 is 22.4 Å². The third-order valence-electron chi connectivity index (χ3n) is 4.21. The lowest BCUT2D eigenvalue weighted by Crippen LogP contribution is -1.99. The van der Waals surface area contributed by atoms with Crippen LogP contribution in [0.1, 0.15) is 5.56 Å². The number of benzene rings is 3. The SMILES string of the molecule is COc1cccc(Nc2nc(-c3cccc(C)c3)nc3ccccc23)c1. The van der Waals surface area contributed by atoms with Crippen LogP contribution in [0.15, 0.2) is 72.8 Å². The van der Waals surface area contributed by atoms with E-state index >= 15 is 0 Å². The van der Waals surface area contributed by atoms with E-state index in [0.29, 0.717) is 5.82 Å². The number of nitrogens with zero attached hydrogens (tertiary/aromatic N) is 2. The predicted molar refractivity (Wildman–Crippen MR) is 106 cm³/mol. The van der Waals surface area contributed by atoms with Crippen LogP contribution in [-0.2, 0) is 0 Å². The molecule has 0 fully saturated rings. The molecule has 4 nitrogen and oxygen atoms in total. The molecule has 26 heavy (non-hydrogen) atoms. The summed E-state index contributed by atoms with van der Waals surface area (Å²) in [6, 6.07) is 24.1. The zero-order valence-electron chi connectivity index (χ0n) is 14.7. The number of methoxy groups -OCH3 is 1. The smallest absolute Gasteiger partial charge is 0.162 e. The van der Waals surface area contributed by atoms with Gasteiger partial charge in [-0.1, -0.05) is 42.0 Å². The van der Waals surface area contributed by atoms with Gasteiger partial charge in [0.2, 0.25) is 0 Å². The molecule has 3 aromatic carbocycles. The summed E-state index contributed by atoms with van der Waals surface area (Å²) >= 11 is 0. The number of rotatable bonds is 4. The third-order valence-corrected chi connectivity index (χ3v) is 4.21. The Kier molecular flexibility index (Phi) is 4.23. The van der Waals surface area contributed by atoms with Crippen molar-refractivity contribution in [2.24, 2.45) is 0 Å². The van der Waals surface area contributed by atoms with Crippen molar-refractivity contribution in [1.82, 2.24) is 9.97 Å². The largest absolute Gasteiger partial charge is 0.497 e. The molecule has 0 unspecified atom stereocenters. The number of aromatic nitrogens is 2. The molecule has 1 aromatic heterocycles. The number of anilines is 2. The molecule has 0 aliphatic carbocycles. The highest BCUT2D eigenvalue weighted by Gasteiger charge is 2.10. The first kappa shape index (κ1) is 16.1. The van der Waals surface area contributed by atoms with Gasteiger partial charge >= 0.3 is 0 Å². The monoisotopic (exact) mass is 341 g/mol. The van der Waals surface area contributed by atoms with Crippen molar-refractivity contribution in [2.75, 3.05) is 12.4 Å². The molecular weight excluding hydrogens is 322 g/mol. The molecule has 0 radical (unpaired) electrons. The highest BCUT2D eigenvalue weighted by Crippen LogP contribution is 2.28. The zero-order chi connectivity index (χ0) is 17.9. The summed E-state index contributed by atoms with van der Waals surface area (Å²) in [7, 11) is 1.66. The Morgan fingerprint density at radius 1 is 0.846 bits per heavy atom. The molecule has 1 N–H and O–H groups in total. The molecule has 0 saturated heterocycles. The minimum absolute atomic E-state index is 0.706. The first-order valence-electron chi connectivity index (χ1n) is 8.48. The Morgan fingerprint density at radius 3 is 2.54 bits per heavy atom. The normalized spacial score (nSPS) is 10.7. The summed E-state index contributed by atoms with van der Waals surface area (Å²) in [5.41, 5.74) is 4.01. The molecule has 4 aromatic rings. The van der Waals surface area contributed by atoms with Gasteiger partial charge in [0.25, 0.3) is 0 Å². The first-order chi connectivity index (χ1) is 12.7. The van der Waals surface area contributed by atoms with Crippen LogP contribution in [0.25, 0.3) is 22.3 Å². The Hall–Kier alpha value is -3.40. The molecule has 0 bridgehead atoms. The maximum Gasteiger partial charge on any atom is 0.162 e. The lowest BCUT2D eigenvalue weighted by molar-refractivity contribution is 0.415. The number of ether oxygens (including phenoxy) is 1. The van der Waals surface area contributed by atoms with Crippen LogP contribution in [0, 0.1) is 6.92 Å². The molecule has 4 heteroatoms. The van der Waals surface area contributed by atoms with Gasteiger partial charge in [0.05, 0.1) is 12.6 Å². The molecule has 0 aliphatic rings. The Morgan fingerprint density at radius 2 is 1.69 bits per heavy atom. The zero-order valence-corrected chi connectivity index (χ0v) is 14.7. The van der Waals surface area contributed by atoms with Gasteiger partial charge in [0.1, 0.15) is 11.6 Å². The lowest BCUT2D eigenvalue weighted by atomic mass is 10.1. The summed E-state index contributed by atoms with van der Waals surface area (Å²) in [5, 5.41) is 4.39. The molecule has 4 rings (SSSR count). The quantitative estimate of drug-likeness (QED) is 0.543. The lowest BCUT2D eigenvalue weighted by Gasteiger charge is -2.12. The fourth-order valence-electron chi connectivity index (χ4n) is 2.92. The van der Waals surface area contributed by atoms with Gasteiger partial charge in [-0.2, -0.15) is 0 Å². The number of fused-ring (bicyclic) bond motifs is 1. The summed E-state index contributed by atoms with van der Waals surface area (Å²) in [6.07, 6.45) is 0. The van der Waals surface area contributed by atoms with Crippen LogP contribution in [0.2, 0.25) is 0 Å². The van der Waals surface area contributed by atoms with Gasteiger partial charge < -0.3 is 10.1 Å². The maximum absolute atomic E-state index is 5.31. The average molecular weight is 341 g/mol. The Balaban J connectivity index is 1.84. The fourth-order valence-corrected chi connectivity index (χ4v) is 2.92. The summed E-state index contributed by atoms with van der Waals surface area (Å²) in [4.78, 5) is 9.55. The number of para-hydroxylation sites is 1. The van der Waals surface area contributed by atoms with Crippen LogP contribution in [0.3, 0.4) is 0 Å². The number of nitrogens with one attached hydrogen (secondary N) is 1. The van der Waals surface area contributed by atoms with Crippen molar-refractivity contribution in [3.8, 4) is 17.1 Å². The topological polar surface area (TPSA) is 47.0 Å². The van der Waals surface area contributed by atoms with Crippen LogP contribution in [0.4, 0.5) is 11.5 Å². The van der Waals surface area contributed by atoms with Crippen molar-refractivity contribution in [3.63, 3.8) is 0 Å². The third kappa shape index (κ3) is 3.22. The second-order valence-electron chi connectivity index (χ2n) is 6.14. The van der Waals surface area contributed by atoms with E-state index in [-0.39, 0.29) is 0 Å². The molecule has 0 saturated carbocycles. The van der Waals surface area contributed by atoms with E-state index in [4.69, 9.17) is 14.7 Å². The molecule has 0 spiro atoms. The Bertz CT molecular complexity index is 1080. The molecule has 1 heterocycles. The maximum atomic E-state index is 5.31.